The molecule has 1 aromatic carbocycles. The van der Waals surface area contributed by atoms with E-state index < -0.39 is 20.6 Å². The van der Waals surface area contributed by atoms with Gasteiger partial charge in [-0.15, -0.1) is 0 Å². The number of rotatable bonds is 4. The van der Waals surface area contributed by atoms with Crippen molar-refractivity contribution in [3.8, 4) is 0 Å². The highest BCUT2D eigenvalue weighted by molar-refractivity contribution is 9.10. The van der Waals surface area contributed by atoms with Crippen LogP contribution in [-0.2, 0) is 10.0 Å². The molecule has 1 aliphatic rings. The zero-order chi connectivity index (χ0) is 14.2. The first-order valence-corrected chi connectivity index (χ1v) is 8.03. The molecule has 1 aliphatic carbocycles. The zero-order valence-corrected chi connectivity index (χ0v) is 12.6. The van der Waals surface area contributed by atoms with Crippen molar-refractivity contribution >= 4 is 31.6 Å². The summed E-state index contributed by atoms with van der Waals surface area (Å²) in [6, 6.07) is 3.76. The average Bonchev–Trinajstić information content (AvgIpc) is 2.26. The molecule has 19 heavy (non-hydrogen) atoms. The van der Waals surface area contributed by atoms with Gasteiger partial charge in [-0.05, 0) is 30.9 Å². The van der Waals surface area contributed by atoms with Crippen molar-refractivity contribution in [2.45, 2.75) is 30.7 Å². The van der Waals surface area contributed by atoms with Crippen LogP contribution in [0.2, 0.25) is 0 Å². The van der Waals surface area contributed by atoms with E-state index in [-0.39, 0.29) is 10.9 Å². The first-order chi connectivity index (χ1) is 8.79. The molecule has 0 saturated heterocycles. The van der Waals surface area contributed by atoms with Crippen LogP contribution in [0.25, 0.3) is 0 Å². The molecule has 0 bridgehead atoms. The molecule has 1 aromatic rings. The van der Waals surface area contributed by atoms with Crippen molar-refractivity contribution in [1.29, 1.82) is 0 Å². The van der Waals surface area contributed by atoms with Gasteiger partial charge in [0, 0.05) is 16.6 Å². The van der Waals surface area contributed by atoms with Crippen LogP contribution >= 0.6 is 15.9 Å². The Morgan fingerprint density at radius 3 is 2.58 bits per heavy atom. The van der Waals surface area contributed by atoms with E-state index in [9.17, 15) is 18.5 Å². The maximum Gasteiger partial charge on any atom is 0.289 e. The number of hydrogen-bond donors (Lipinski definition) is 1. The maximum absolute atomic E-state index is 12.2. The number of benzene rings is 1. The van der Waals surface area contributed by atoms with E-state index in [1.807, 2.05) is 6.92 Å². The predicted molar refractivity (Wildman–Crippen MR) is 73.3 cm³/mol. The van der Waals surface area contributed by atoms with Crippen molar-refractivity contribution in [1.82, 2.24) is 4.72 Å². The van der Waals surface area contributed by atoms with E-state index in [1.165, 1.54) is 18.2 Å². The van der Waals surface area contributed by atoms with Crippen LogP contribution in [0.15, 0.2) is 27.6 Å². The summed E-state index contributed by atoms with van der Waals surface area (Å²) in [5, 5.41) is 10.9. The van der Waals surface area contributed by atoms with Gasteiger partial charge < -0.3 is 0 Å². The Labute approximate surface area is 119 Å². The van der Waals surface area contributed by atoms with E-state index >= 15 is 0 Å². The van der Waals surface area contributed by atoms with Crippen LogP contribution in [0, 0.1) is 16.0 Å². The lowest BCUT2D eigenvalue weighted by atomic mass is 9.83. The second-order valence-electron chi connectivity index (χ2n) is 4.76. The predicted octanol–water partition coefficient (Wildman–Crippen LogP) is 2.43. The normalized spacial score (nSPS) is 22.8. The van der Waals surface area contributed by atoms with Gasteiger partial charge in [-0.25, -0.2) is 13.1 Å². The molecule has 0 atom stereocenters. The molecule has 0 unspecified atom stereocenters. The molecule has 6 nitrogen and oxygen atoms in total. The fraction of sp³-hybridized carbons (Fsp3) is 0.455. The van der Waals surface area contributed by atoms with Crippen molar-refractivity contribution in [3.05, 3.63) is 32.8 Å². The van der Waals surface area contributed by atoms with Crippen LogP contribution in [0.1, 0.15) is 19.8 Å². The van der Waals surface area contributed by atoms with Crippen molar-refractivity contribution < 1.29 is 13.3 Å². The summed E-state index contributed by atoms with van der Waals surface area (Å²) in [6.07, 6.45) is 1.53. The molecule has 0 spiro atoms. The zero-order valence-electron chi connectivity index (χ0n) is 10.2. The monoisotopic (exact) mass is 348 g/mol. The van der Waals surface area contributed by atoms with Gasteiger partial charge in [-0.2, -0.15) is 0 Å². The molecule has 0 aromatic heterocycles. The molecule has 1 fully saturated rings. The highest BCUT2D eigenvalue weighted by Crippen LogP contribution is 2.31. The van der Waals surface area contributed by atoms with Gasteiger partial charge in [-0.3, -0.25) is 10.1 Å². The van der Waals surface area contributed by atoms with E-state index in [1.54, 1.807) is 0 Å². The van der Waals surface area contributed by atoms with Gasteiger partial charge >= 0.3 is 0 Å². The first-order valence-electron chi connectivity index (χ1n) is 5.76. The SMILES string of the molecule is CC1CC(NS(=O)(=O)c2cc(Br)ccc2[N+](=O)[O-])C1. The Bertz CT molecular complexity index is 611. The lowest BCUT2D eigenvalue weighted by Crippen LogP contribution is -2.43. The van der Waals surface area contributed by atoms with Gasteiger partial charge in [0.25, 0.3) is 5.69 Å². The fourth-order valence-electron chi connectivity index (χ4n) is 2.14. The highest BCUT2D eigenvalue weighted by Gasteiger charge is 2.33. The Hall–Kier alpha value is -0.990. The molecule has 8 heteroatoms. The van der Waals surface area contributed by atoms with Crippen LogP contribution in [0.3, 0.4) is 0 Å². The summed E-state index contributed by atoms with van der Waals surface area (Å²) in [7, 11) is -3.86. The van der Waals surface area contributed by atoms with Gasteiger partial charge in [0.2, 0.25) is 10.0 Å². The largest absolute Gasteiger partial charge is 0.289 e. The minimum atomic E-state index is -3.86. The van der Waals surface area contributed by atoms with Gasteiger partial charge in [0.1, 0.15) is 0 Å². The Kier molecular flexibility index (Phi) is 3.93. The molecule has 1 saturated carbocycles. The molecule has 2 rings (SSSR count). The number of nitrogens with one attached hydrogen (secondary N) is 1. The third-order valence-electron chi connectivity index (χ3n) is 3.10. The standard InChI is InChI=1S/C11H13BrN2O4S/c1-7-4-9(5-7)13-19(17,18)11-6-8(12)2-3-10(11)14(15)16/h2-3,6-7,9,13H,4-5H2,1H3. The van der Waals surface area contributed by atoms with E-state index in [2.05, 4.69) is 20.7 Å². The summed E-state index contributed by atoms with van der Waals surface area (Å²) in [6.45, 7) is 2.03. The number of hydrogen-bond acceptors (Lipinski definition) is 4. The third-order valence-corrected chi connectivity index (χ3v) is 5.15. The third kappa shape index (κ3) is 3.13. The summed E-state index contributed by atoms with van der Waals surface area (Å²) in [5.74, 6) is 0.491. The smallest absolute Gasteiger partial charge is 0.258 e. The van der Waals surface area contributed by atoms with Crippen molar-refractivity contribution in [2.75, 3.05) is 0 Å². The minimum absolute atomic E-state index is 0.126. The van der Waals surface area contributed by atoms with Gasteiger partial charge in [-0.1, -0.05) is 22.9 Å². The van der Waals surface area contributed by atoms with Crippen LogP contribution in [0.5, 0.6) is 0 Å². The van der Waals surface area contributed by atoms with Crippen molar-refractivity contribution in [2.24, 2.45) is 5.92 Å². The summed E-state index contributed by atoms with van der Waals surface area (Å²) >= 11 is 3.13. The molecule has 0 aliphatic heterocycles. The number of nitro benzene ring substituents is 1. The lowest BCUT2D eigenvalue weighted by molar-refractivity contribution is -0.387. The Balaban J connectivity index is 2.33. The van der Waals surface area contributed by atoms with Gasteiger partial charge in [0.15, 0.2) is 4.90 Å². The Morgan fingerprint density at radius 2 is 2.05 bits per heavy atom. The van der Waals surface area contributed by atoms with Gasteiger partial charge in [0.05, 0.1) is 4.92 Å². The maximum atomic E-state index is 12.2. The number of nitrogens with zero attached hydrogens (tertiary/aromatic N) is 1. The molecule has 0 amide bonds. The highest BCUT2D eigenvalue weighted by atomic mass is 79.9. The topological polar surface area (TPSA) is 89.3 Å². The fourth-order valence-corrected chi connectivity index (χ4v) is 4.11. The summed E-state index contributed by atoms with van der Waals surface area (Å²) in [5.41, 5.74) is -0.414. The van der Waals surface area contributed by atoms with Crippen LogP contribution in [0.4, 0.5) is 5.69 Å². The molecule has 0 radical (unpaired) electrons. The van der Waals surface area contributed by atoms with Crippen molar-refractivity contribution in [3.63, 3.8) is 0 Å². The Morgan fingerprint density at radius 1 is 1.42 bits per heavy atom. The molecule has 1 N–H and O–H groups in total. The lowest BCUT2D eigenvalue weighted by Gasteiger charge is -2.32. The number of halogens is 1. The van der Waals surface area contributed by atoms with E-state index in [0.29, 0.717) is 10.4 Å². The average molecular weight is 349 g/mol. The quantitative estimate of drug-likeness (QED) is 0.668. The number of nitro groups is 1. The molecule has 0 heterocycles. The molecular formula is C11H13BrN2O4S. The number of sulfonamides is 1. The van der Waals surface area contributed by atoms with Crippen LogP contribution in [-0.4, -0.2) is 19.4 Å². The first kappa shape index (κ1) is 14.4. The minimum Gasteiger partial charge on any atom is -0.258 e. The molecular weight excluding hydrogens is 336 g/mol. The second kappa shape index (κ2) is 5.18. The second-order valence-corrected chi connectivity index (χ2v) is 7.36. The summed E-state index contributed by atoms with van der Waals surface area (Å²) < 4.78 is 27.4. The molecule has 104 valence electrons. The van der Waals surface area contributed by atoms with E-state index in [0.717, 1.165) is 12.8 Å². The summed E-state index contributed by atoms with van der Waals surface area (Å²) in [4.78, 5) is 9.91. The van der Waals surface area contributed by atoms with E-state index in [4.69, 9.17) is 0 Å². The van der Waals surface area contributed by atoms with Crippen LogP contribution < -0.4 is 4.72 Å².